The van der Waals surface area contributed by atoms with Crippen LogP contribution in [0.25, 0.3) is 16.9 Å². The van der Waals surface area contributed by atoms with Crippen LogP contribution in [0.1, 0.15) is 24.3 Å². The van der Waals surface area contributed by atoms with Crippen molar-refractivity contribution in [2.45, 2.75) is 25.3 Å². The first-order valence-corrected chi connectivity index (χ1v) is 8.96. The van der Waals surface area contributed by atoms with Crippen molar-refractivity contribution >= 4 is 17.2 Å². The molecule has 1 saturated carbocycles. The van der Waals surface area contributed by atoms with Crippen molar-refractivity contribution in [2.24, 2.45) is 0 Å². The molecule has 1 N–H and O–H groups in total. The largest absolute Gasteiger partial charge is 0.327 e. The van der Waals surface area contributed by atoms with E-state index in [9.17, 15) is 4.79 Å². The molecule has 0 aliphatic heterocycles. The first kappa shape index (κ1) is 15.7. The van der Waals surface area contributed by atoms with Gasteiger partial charge in [0.2, 0.25) is 5.91 Å². The summed E-state index contributed by atoms with van der Waals surface area (Å²) in [6.45, 7) is 0.213. The fourth-order valence-electron chi connectivity index (χ4n) is 3.19. The maximum Gasteiger partial charge on any atom is 0.244 e. The van der Waals surface area contributed by atoms with Crippen LogP contribution in [0, 0.1) is 0 Å². The van der Waals surface area contributed by atoms with E-state index in [0.29, 0.717) is 0 Å². The molecule has 0 unspecified atom stereocenters. The van der Waals surface area contributed by atoms with Gasteiger partial charge in [0.1, 0.15) is 12.9 Å². The van der Waals surface area contributed by atoms with E-state index in [4.69, 9.17) is 0 Å². The zero-order valence-corrected chi connectivity index (χ0v) is 14.6. The summed E-state index contributed by atoms with van der Waals surface area (Å²) in [5.41, 5.74) is 4.67. The van der Waals surface area contributed by atoms with Gasteiger partial charge >= 0.3 is 0 Å². The zero-order valence-electron chi connectivity index (χ0n) is 14.6. The van der Waals surface area contributed by atoms with E-state index >= 15 is 0 Å². The number of nitrogens with one attached hydrogen (secondary N) is 1. The number of imidazole rings is 1. The van der Waals surface area contributed by atoms with Gasteiger partial charge in [-0.2, -0.15) is 5.10 Å². The fourth-order valence-corrected chi connectivity index (χ4v) is 3.19. The number of aromatic nitrogens is 5. The molecule has 0 saturated heterocycles. The Bertz CT molecular complexity index is 1110. The van der Waals surface area contributed by atoms with Crippen molar-refractivity contribution in [1.82, 2.24) is 24.1 Å². The molecular formula is C20H18N6O. The number of hydrogen-bond acceptors (Lipinski definition) is 4. The van der Waals surface area contributed by atoms with Crippen molar-refractivity contribution in [3.63, 3.8) is 0 Å². The van der Waals surface area contributed by atoms with Crippen molar-refractivity contribution in [3.8, 4) is 11.3 Å². The van der Waals surface area contributed by atoms with Gasteiger partial charge in [0.05, 0.1) is 12.0 Å². The second-order valence-corrected chi connectivity index (χ2v) is 6.85. The minimum Gasteiger partial charge on any atom is -0.327 e. The maximum absolute atomic E-state index is 12.3. The highest BCUT2D eigenvalue weighted by atomic mass is 16.1. The molecule has 0 bridgehead atoms. The molecule has 0 spiro atoms. The summed E-state index contributed by atoms with van der Waals surface area (Å²) in [5.74, 6) is 0.641. The number of pyridine rings is 1. The standard InChI is InChI=1S/C20H18N6O/c27-20(24-17-5-3-15(4-6-17)14-1-2-14)11-25-10-18(22-13-25)16-7-8-26-19(9-16)21-12-23-26/h3-10,12-14H,1-2,11H2,(H,24,27). The molecule has 5 rings (SSSR count). The second-order valence-electron chi connectivity index (χ2n) is 6.85. The summed E-state index contributed by atoms with van der Waals surface area (Å²) in [7, 11) is 0. The summed E-state index contributed by atoms with van der Waals surface area (Å²) >= 11 is 0. The maximum atomic E-state index is 12.3. The second kappa shape index (κ2) is 6.35. The Morgan fingerprint density at radius 2 is 2.00 bits per heavy atom. The van der Waals surface area contributed by atoms with Crippen LogP contribution in [-0.2, 0) is 11.3 Å². The van der Waals surface area contributed by atoms with E-state index in [-0.39, 0.29) is 12.5 Å². The third kappa shape index (κ3) is 3.31. The highest BCUT2D eigenvalue weighted by Gasteiger charge is 2.23. The molecule has 1 aromatic carbocycles. The van der Waals surface area contributed by atoms with Crippen LogP contribution in [-0.4, -0.2) is 30.1 Å². The van der Waals surface area contributed by atoms with Gasteiger partial charge in [-0.15, -0.1) is 0 Å². The molecule has 3 aromatic heterocycles. The number of nitrogens with zero attached hydrogens (tertiary/aromatic N) is 5. The van der Waals surface area contributed by atoms with E-state index < -0.39 is 0 Å². The number of amides is 1. The van der Waals surface area contributed by atoms with Crippen LogP contribution >= 0.6 is 0 Å². The highest BCUT2D eigenvalue weighted by molar-refractivity contribution is 5.90. The quantitative estimate of drug-likeness (QED) is 0.595. The minimum atomic E-state index is -0.0777. The lowest BCUT2D eigenvalue weighted by atomic mass is 10.1. The normalized spacial score (nSPS) is 13.8. The Balaban J connectivity index is 1.26. The predicted octanol–water partition coefficient (Wildman–Crippen LogP) is 3.11. The smallest absolute Gasteiger partial charge is 0.244 e. The molecule has 4 aromatic rings. The lowest BCUT2D eigenvalue weighted by Gasteiger charge is -2.06. The molecule has 7 heteroatoms. The Labute approximate surface area is 155 Å². The van der Waals surface area contributed by atoms with E-state index in [2.05, 4.69) is 32.5 Å². The molecule has 1 amide bonds. The van der Waals surface area contributed by atoms with Crippen LogP contribution in [0.15, 0.2) is 61.4 Å². The summed E-state index contributed by atoms with van der Waals surface area (Å²) < 4.78 is 3.47. The van der Waals surface area contributed by atoms with E-state index in [1.165, 1.54) is 24.7 Å². The van der Waals surface area contributed by atoms with Crippen molar-refractivity contribution in [3.05, 3.63) is 67.0 Å². The predicted molar refractivity (Wildman–Crippen MR) is 101 cm³/mol. The Kier molecular flexibility index (Phi) is 3.71. The number of rotatable bonds is 5. The number of carbonyl (C=O) groups excluding carboxylic acids is 1. The van der Waals surface area contributed by atoms with Gasteiger partial charge in [-0.05, 0) is 48.6 Å². The Hall–Kier alpha value is -3.48. The fraction of sp³-hybridized carbons (Fsp3) is 0.200. The van der Waals surface area contributed by atoms with Gasteiger partial charge in [0, 0.05) is 23.6 Å². The number of fused-ring (bicyclic) bond motifs is 1. The summed E-state index contributed by atoms with van der Waals surface area (Å²) in [5, 5.41) is 7.02. The van der Waals surface area contributed by atoms with E-state index in [0.717, 1.165) is 28.5 Å². The molecule has 7 nitrogen and oxygen atoms in total. The average molecular weight is 358 g/mol. The van der Waals surface area contributed by atoms with Gasteiger partial charge in [-0.3, -0.25) is 4.79 Å². The van der Waals surface area contributed by atoms with Crippen LogP contribution in [0.3, 0.4) is 0 Å². The monoisotopic (exact) mass is 358 g/mol. The lowest BCUT2D eigenvalue weighted by molar-refractivity contribution is -0.116. The van der Waals surface area contributed by atoms with Crippen LogP contribution in [0.2, 0.25) is 0 Å². The SMILES string of the molecule is O=C(Cn1cnc(-c2ccn3ncnc3c2)c1)Nc1ccc(C2CC2)cc1. The van der Waals surface area contributed by atoms with Gasteiger partial charge in [-0.1, -0.05) is 12.1 Å². The molecule has 1 aliphatic carbocycles. The number of carbonyl (C=O) groups is 1. The van der Waals surface area contributed by atoms with Crippen LogP contribution in [0.4, 0.5) is 5.69 Å². The molecule has 0 radical (unpaired) electrons. The lowest BCUT2D eigenvalue weighted by Crippen LogP contribution is -2.17. The number of anilines is 1. The number of benzene rings is 1. The van der Waals surface area contributed by atoms with Crippen molar-refractivity contribution in [1.29, 1.82) is 0 Å². The summed E-state index contributed by atoms with van der Waals surface area (Å²) in [4.78, 5) is 20.9. The summed E-state index contributed by atoms with van der Waals surface area (Å²) in [6.07, 6.45) is 9.43. The van der Waals surface area contributed by atoms with Crippen LogP contribution in [0.5, 0.6) is 0 Å². The third-order valence-corrected chi connectivity index (χ3v) is 4.78. The molecule has 1 fully saturated rings. The van der Waals surface area contributed by atoms with Gasteiger partial charge in [0.15, 0.2) is 5.65 Å². The first-order chi connectivity index (χ1) is 13.2. The first-order valence-electron chi connectivity index (χ1n) is 8.96. The van der Waals surface area contributed by atoms with Gasteiger partial charge in [-0.25, -0.2) is 14.5 Å². The van der Waals surface area contributed by atoms with E-state index in [1.807, 2.05) is 36.7 Å². The van der Waals surface area contributed by atoms with Gasteiger partial charge < -0.3 is 9.88 Å². The molecule has 3 heterocycles. The third-order valence-electron chi connectivity index (χ3n) is 4.78. The zero-order chi connectivity index (χ0) is 18.2. The van der Waals surface area contributed by atoms with Crippen LogP contribution < -0.4 is 5.32 Å². The Morgan fingerprint density at radius 1 is 1.15 bits per heavy atom. The Morgan fingerprint density at radius 3 is 2.81 bits per heavy atom. The topological polar surface area (TPSA) is 77.1 Å². The molecular weight excluding hydrogens is 340 g/mol. The molecule has 1 aliphatic rings. The minimum absolute atomic E-state index is 0.0777. The average Bonchev–Trinajstić information content (AvgIpc) is 3.24. The number of hydrogen-bond donors (Lipinski definition) is 1. The molecule has 27 heavy (non-hydrogen) atoms. The summed E-state index contributed by atoms with van der Waals surface area (Å²) in [6, 6.07) is 12.0. The van der Waals surface area contributed by atoms with Crippen molar-refractivity contribution in [2.75, 3.05) is 5.32 Å². The molecule has 0 atom stereocenters. The van der Waals surface area contributed by atoms with Gasteiger partial charge in [0.25, 0.3) is 0 Å². The van der Waals surface area contributed by atoms with Crippen molar-refractivity contribution < 1.29 is 4.79 Å². The highest BCUT2D eigenvalue weighted by Crippen LogP contribution is 2.40. The molecule has 134 valence electrons. The van der Waals surface area contributed by atoms with E-state index in [1.54, 1.807) is 15.4 Å².